The Morgan fingerprint density at radius 2 is 1.96 bits per heavy atom. The van der Waals surface area contributed by atoms with Crippen LogP contribution in [0.3, 0.4) is 0 Å². The van der Waals surface area contributed by atoms with Gasteiger partial charge in [-0.05, 0) is 44.2 Å². The van der Waals surface area contributed by atoms with Crippen molar-refractivity contribution in [1.82, 2.24) is 15.6 Å². The largest absolute Gasteiger partial charge is 0.474 e. The molecule has 0 bridgehead atoms. The van der Waals surface area contributed by atoms with Gasteiger partial charge in [0.2, 0.25) is 5.88 Å². The summed E-state index contributed by atoms with van der Waals surface area (Å²) < 4.78 is 6.00. The number of urea groups is 1. The van der Waals surface area contributed by atoms with Crippen molar-refractivity contribution in [2.75, 3.05) is 0 Å². The maximum absolute atomic E-state index is 12.0. The standard InChI is InChI=1S/C20H25N3O2/c1-15-6-4-7-16(12-15)13-22-20(24)23-14-17-8-5-11-21-19(17)25-18-9-2-3-10-18/h4-8,11-12,18H,2-3,9-10,13-14H2,1H3,(H2,22,23,24). The number of hydrogen-bond acceptors (Lipinski definition) is 3. The SMILES string of the molecule is Cc1cccc(CNC(=O)NCc2cccnc2OC2CCCC2)c1. The van der Waals surface area contributed by atoms with Crippen LogP contribution in [-0.4, -0.2) is 17.1 Å². The van der Waals surface area contributed by atoms with Crippen molar-refractivity contribution in [3.63, 3.8) is 0 Å². The fourth-order valence-electron chi connectivity index (χ4n) is 3.07. The first kappa shape index (κ1) is 17.3. The summed E-state index contributed by atoms with van der Waals surface area (Å²) in [6, 6.07) is 11.7. The summed E-state index contributed by atoms with van der Waals surface area (Å²) in [6.45, 7) is 2.94. The van der Waals surface area contributed by atoms with E-state index in [4.69, 9.17) is 4.74 Å². The van der Waals surface area contributed by atoms with Gasteiger partial charge in [0, 0.05) is 24.8 Å². The molecular weight excluding hydrogens is 314 g/mol. The van der Waals surface area contributed by atoms with Crippen LogP contribution in [0.15, 0.2) is 42.6 Å². The van der Waals surface area contributed by atoms with Crippen molar-refractivity contribution in [2.45, 2.75) is 51.8 Å². The van der Waals surface area contributed by atoms with Gasteiger partial charge < -0.3 is 15.4 Å². The van der Waals surface area contributed by atoms with Gasteiger partial charge in [-0.15, -0.1) is 0 Å². The number of nitrogens with zero attached hydrogens (tertiary/aromatic N) is 1. The molecule has 0 saturated heterocycles. The molecule has 1 fully saturated rings. The number of benzene rings is 1. The van der Waals surface area contributed by atoms with Crippen molar-refractivity contribution in [3.8, 4) is 5.88 Å². The molecule has 0 radical (unpaired) electrons. The average Bonchev–Trinajstić information content (AvgIpc) is 3.12. The molecular formula is C20H25N3O2. The van der Waals surface area contributed by atoms with Crippen molar-refractivity contribution >= 4 is 6.03 Å². The summed E-state index contributed by atoms with van der Waals surface area (Å²) in [5.41, 5.74) is 3.17. The molecule has 132 valence electrons. The van der Waals surface area contributed by atoms with Gasteiger partial charge in [0.05, 0.1) is 0 Å². The summed E-state index contributed by atoms with van der Waals surface area (Å²) in [5.74, 6) is 0.633. The Morgan fingerprint density at radius 3 is 2.76 bits per heavy atom. The maximum Gasteiger partial charge on any atom is 0.315 e. The van der Waals surface area contributed by atoms with Crippen molar-refractivity contribution in [3.05, 3.63) is 59.3 Å². The van der Waals surface area contributed by atoms with E-state index in [1.54, 1.807) is 6.20 Å². The van der Waals surface area contributed by atoms with Crippen LogP contribution in [0.2, 0.25) is 0 Å². The zero-order valence-corrected chi connectivity index (χ0v) is 14.6. The van der Waals surface area contributed by atoms with Gasteiger partial charge in [-0.3, -0.25) is 0 Å². The van der Waals surface area contributed by atoms with E-state index in [1.807, 2.05) is 37.3 Å². The zero-order chi connectivity index (χ0) is 17.5. The number of aryl methyl sites for hydroxylation is 1. The first-order chi connectivity index (χ1) is 12.2. The molecule has 2 amide bonds. The Hall–Kier alpha value is -2.56. The summed E-state index contributed by atoms with van der Waals surface area (Å²) in [7, 11) is 0. The lowest BCUT2D eigenvalue weighted by molar-refractivity contribution is 0.198. The van der Waals surface area contributed by atoms with Crippen molar-refractivity contribution in [1.29, 1.82) is 0 Å². The number of nitrogens with one attached hydrogen (secondary N) is 2. The molecule has 1 heterocycles. The molecule has 0 atom stereocenters. The third kappa shape index (κ3) is 5.21. The number of hydrogen-bond donors (Lipinski definition) is 2. The molecule has 0 aliphatic heterocycles. The first-order valence-corrected chi connectivity index (χ1v) is 8.88. The Kier molecular flexibility index (Phi) is 5.88. The lowest BCUT2D eigenvalue weighted by Crippen LogP contribution is -2.34. The number of amides is 2. The fraction of sp³-hybridized carbons (Fsp3) is 0.400. The average molecular weight is 339 g/mol. The van der Waals surface area contributed by atoms with E-state index in [0.29, 0.717) is 19.0 Å². The molecule has 5 heteroatoms. The number of ether oxygens (including phenoxy) is 1. The summed E-state index contributed by atoms with van der Waals surface area (Å²) in [5, 5.41) is 5.76. The predicted octanol–water partition coefficient (Wildman–Crippen LogP) is 3.71. The highest BCUT2D eigenvalue weighted by molar-refractivity contribution is 5.73. The normalized spacial score (nSPS) is 14.3. The minimum atomic E-state index is -0.197. The second-order valence-electron chi connectivity index (χ2n) is 6.52. The smallest absolute Gasteiger partial charge is 0.315 e. The summed E-state index contributed by atoms with van der Waals surface area (Å²) in [6.07, 6.45) is 6.58. The van der Waals surface area contributed by atoms with Crippen molar-refractivity contribution < 1.29 is 9.53 Å². The second-order valence-corrected chi connectivity index (χ2v) is 6.52. The topological polar surface area (TPSA) is 63.2 Å². The van der Waals surface area contributed by atoms with Crippen LogP contribution >= 0.6 is 0 Å². The van der Waals surface area contributed by atoms with Crippen LogP contribution in [0, 0.1) is 6.92 Å². The van der Waals surface area contributed by atoms with Gasteiger partial charge in [-0.25, -0.2) is 9.78 Å². The zero-order valence-electron chi connectivity index (χ0n) is 14.6. The molecule has 1 saturated carbocycles. The van der Waals surface area contributed by atoms with E-state index in [0.717, 1.165) is 24.0 Å². The van der Waals surface area contributed by atoms with Crippen LogP contribution in [0.1, 0.15) is 42.4 Å². The highest BCUT2D eigenvalue weighted by atomic mass is 16.5. The molecule has 1 aromatic heterocycles. The number of carbonyl (C=O) groups is 1. The minimum Gasteiger partial charge on any atom is -0.474 e. The molecule has 25 heavy (non-hydrogen) atoms. The number of carbonyl (C=O) groups excluding carboxylic acids is 1. The van der Waals surface area contributed by atoms with Gasteiger partial charge in [0.15, 0.2) is 0 Å². The van der Waals surface area contributed by atoms with Gasteiger partial charge in [0.25, 0.3) is 0 Å². The second kappa shape index (κ2) is 8.51. The van der Waals surface area contributed by atoms with Crippen LogP contribution in [0.4, 0.5) is 4.79 Å². The molecule has 1 aliphatic rings. The predicted molar refractivity (Wildman–Crippen MR) is 97.4 cm³/mol. The highest BCUT2D eigenvalue weighted by Crippen LogP contribution is 2.24. The molecule has 5 nitrogen and oxygen atoms in total. The maximum atomic E-state index is 12.0. The van der Waals surface area contributed by atoms with Crippen molar-refractivity contribution in [2.24, 2.45) is 0 Å². The van der Waals surface area contributed by atoms with E-state index < -0.39 is 0 Å². The van der Waals surface area contributed by atoms with E-state index in [2.05, 4.69) is 21.7 Å². The van der Waals surface area contributed by atoms with E-state index >= 15 is 0 Å². The Bertz CT molecular complexity index is 712. The quantitative estimate of drug-likeness (QED) is 0.843. The molecule has 0 spiro atoms. The Morgan fingerprint density at radius 1 is 1.16 bits per heavy atom. The third-order valence-electron chi connectivity index (χ3n) is 4.41. The van der Waals surface area contributed by atoms with Gasteiger partial charge in [-0.2, -0.15) is 0 Å². The van der Waals surface area contributed by atoms with E-state index in [1.165, 1.54) is 18.4 Å². The highest BCUT2D eigenvalue weighted by Gasteiger charge is 2.18. The lowest BCUT2D eigenvalue weighted by Gasteiger charge is -2.15. The van der Waals surface area contributed by atoms with Gasteiger partial charge in [0.1, 0.15) is 6.10 Å². The monoisotopic (exact) mass is 339 g/mol. The summed E-state index contributed by atoms with van der Waals surface area (Å²) >= 11 is 0. The number of pyridine rings is 1. The Labute approximate surface area is 148 Å². The lowest BCUT2D eigenvalue weighted by atomic mass is 10.1. The number of aromatic nitrogens is 1. The molecule has 1 aromatic carbocycles. The van der Waals surface area contributed by atoms with Crippen LogP contribution in [0.5, 0.6) is 5.88 Å². The van der Waals surface area contributed by atoms with Gasteiger partial charge in [-0.1, -0.05) is 35.9 Å². The minimum absolute atomic E-state index is 0.197. The van der Waals surface area contributed by atoms with Crippen LogP contribution in [0.25, 0.3) is 0 Å². The summed E-state index contributed by atoms with van der Waals surface area (Å²) in [4.78, 5) is 16.4. The molecule has 0 unspecified atom stereocenters. The number of rotatable bonds is 6. The molecule has 3 rings (SSSR count). The van der Waals surface area contributed by atoms with E-state index in [-0.39, 0.29) is 12.1 Å². The Balaban J connectivity index is 1.50. The molecule has 2 aromatic rings. The fourth-order valence-corrected chi connectivity index (χ4v) is 3.07. The van der Waals surface area contributed by atoms with Gasteiger partial charge >= 0.3 is 6.03 Å². The molecule has 1 aliphatic carbocycles. The first-order valence-electron chi connectivity index (χ1n) is 8.88. The third-order valence-corrected chi connectivity index (χ3v) is 4.41. The van der Waals surface area contributed by atoms with Crippen LogP contribution < -0.4 is 15.4 Å². The van der Waals surface area contributed by atoms with E-state index in [9.17, 15) is 4.79 Å². The van der Waals surface area contributed by atoms with Crippen LogP contribution in [-0.2, 0) is 13.1 Å². The molecule has 2 N–H and O–H groups in total.